The standard InChI is InChI=1S/C15H22N2O3S/c1-15(10-18)7-3-6-12(15)16-13(19)9-17(2)14(20)11-5-4-8-21-11/h4-5,8,12,18H,3,6-7,9-10H2,1-2H3,(H,16,19). The summed E-state index contributed by atoms with van der Waals surface area (Å²) >= 11 is 1.37. The zero-order valence-corrected chi connectivity index (χ0v) is 13.3. The van der Waals surface area contributed by atoms with Crippen molar-refractivity contribution in [3.8, 4) is 0 Å². The maximum Gasteiger partial charge on any atom is 0.264 e. The first-order valence-electron chi connectivity index (χ1n) is 7.15. The van der Waals surface area contributed by atoms with Crippen molar-refractivity contribution in [1.82, 2.24) is 10.2 Å². The molecule has 0 aliphatic heterocycles. The SMILES string of the molecule is CN(CC(=O)NC1CCCC1(C)CO)C(=O)c1cccs1. The monoisotopic (exact) mass is 310 g/mol. The van der Waals surface area contributed by atoms with Crippen molar-refractivity contribution in [2.75, 3.05) is 20.2 Å². The van der Waals surface area contributed by atoms with Crippen molar-refractivity contribution >= 4 is 23.2 Å². The summed E-state index contributed by atoms with van der Waals surface area (Å²) in [7, 11) is 1.63. The molecular weight excluding hydrogens is 288 g/mol. The largest absolute Gasteiger partial charge is 0.396 e. The van der Waals surface area contributed by atoms with E-state index in [1.165, 1.54) is 16.2 Å². The molecule has 2 rings (SSSR count). The van der Waals surface area contributed by atoms with Gasteiger partial charge in [0.15, 0.2) is 0 Å². The van der Waals surface area contributed by atoms with Gasteiger partial charge in [0, 0.05) is 18.5 Å². The van der Waals surface area contributed by atoms with Gasteiger partial charge in [-0.25, -0.2) is 0 Å². The highest BCUT2D eigenvalue weighted by molar-refractivity contribution is 7.12. The Morgan fingerprint density at radius 1 is 1.57 bits per heavy atom. The highest BCUT2D eigenvalue weighted by Crippen LogP contribution is 2.37. The summed E-state index contributed by atoms with van der Waals surface area (Å²) in [6.07, 6.45) is 2.80. The van der Waals surface area contributed by atoms with Crippen LogP contribution in [0.3, 0.4) is 0 Å². The number of aliphatic hydroxyl groups is 1. The Morgan fingerprint density at radius 3 is 2.95 bits per heavy atom. The second-order valence-corrected chi connectivity index (χ2v) is 6.91. The van der Waals surface area contributed by atoms with Crippen LogP contribution in [0.25, 0.3) is 0 Å². The third-order valence-corrected chi connectivity index (χ3v) is 5.10. The first-order valence-corrected chi connectivity index (χ1v) is 8.03. The molecule has 1 heterocycles. The molecule has 5 nitrogen and oxygen atoms in total. The maximum atomic E-state index is 12.1. The summed E-state index contributed by atoms with van der Waals surface area (Å²) in [6.45, 7) is 2.10. The van der Waals surface area contributed by atoms with Crippen molar-refractivity contribution < 1.29 is 14.7 Å². The molecule has 2 amide bonds. The Kier molecular flexibility index (Phi) is 5.00. The van der Waals surface area contributed by atoms with Crippen LogP contribution in [-0.4, -0.2) is 48.1 Å². The van der Waals surface area contributed by atoms with E-state index < -0.39 is 0 Å². The molecular formula is C15H22N2O3S. The van der Waals surface area contributed by atoms with E-state index >= 15 is 0 Å². The van der Waals surface area contributed by atoms with Crippen LogP contribution >= 0.6 is 11.3 Å². The third-order valence-electron chi connectivity index (χ3n) is 4.24. The van der Waals surface area contributed by atoms with E-state index in [-0.39, 0.29) is 36.4 Å². The van der Waals surface area contributed by atoms with Crippen LogP contribution in [0.15, 0.2) is 17.5 Å². The molecule has 21 heavy (non-hydrogen) atoms. The van der Waals surface area contributed by atoms with E-state index in [2.05, 4.69) is 5.32 Å². The minimum absolute atomic E-state index is 0.0137. The third kappa shape index (κ3) is 3.63. The van der Waals surface area contributed by atoms with E-state index in [4.69, 9.17) is 0 Å². The average Bonchev–Trinajstić information content (AvgIpc) is 3.09. The first-order chi connectivity index (χ1) is 9.96. The van der Waals surface area contributed by atoms with Crippen molar-refractivity contribution in [1.29, 1.82) is 0 Å². The second-order valence-electron chi connectivity index (χ2n) is 5.96. The Balaban J connectivity index is 1.88. The molecule has 1 aliphatic carbocycles. The van der Waals surface area contributed by atoms with E-state index in [0.29, 0.717) is 4.88 Å². The van der Waals surface area contributed by atoms with Gasteiger partial charge in [0.25, 0.3) is 5.91 Å². The Bertz CT molecular complexity index is 503. The molecule has 1 fully saturated rings. The number of nitrogens with zero attached hydrogens (tertiary/aromatic N) is 1. The zero-order chi connectivity index (χ0) is 15.5. The summed E-state index contributed by atoms with van der Waals surface area (Å²) in [4.78, 5) is 26.2. The highest BCUT2D eigenvalue weighted by atomic mass is 32.1. The summed E-state index contributed by atoms with van der Waals surface area (Å²) in [5.41, 5.74) is -0.244. The molecule has 1 aromatic heterocycles. The smallest absolute Gasteiger partial charge is 0.264 e. The molecule has 6 heteroatoms. The van der Waals surface area contributed by atoms with Gasteiger partial charge in [-0.1, -0.05) is 19.4 Å². The van der Waals surface area contributed by atoms with Gasteiger partial charge in [0.05, 0.1) is 18.0 Å². The van der Waals surface area contributed by atoms with E-state index in [1.807, 2.05) is 18.4 Å². The minimum atomic E-state index is -0.244. The zero-order valence-electron chi connectivity index (χ0n) is 12.5. The number of carbonyl (C=O) groups excluding carboxylic acids is 2. The molecule has 2 unspecified atom stereocenters. The molecule has 0 radical (unpaired) electrons. The Morgan fingerprint density at radius 2 is 2.33 bits per heavy atom. The van der Waals surface area contributed by atoms with Gasteiger partial charge in [-0.05, 0) is 24.3 Å². The highest BCUT2D eigenvalue weighted by Gasteiger charge is 2.39. The molecule has 0 spiro atoms. The molecule has 2 N–H and O–H groups in total. The van der Waals surface area contributed by atoms with Crippen molar-refractivity contribution in [3.63, 3.8) is 0 Å². The fourth-order valence-corrected chi connectivity index (χ4v) is 3.50. The number of amides is 2. The van der Waals surface area contributed by atoms with Crippen LogP contribution in [0.1, 0.15) is 35.9 Å². The number of likely N-dealkylation sites (N-methyl/N-ethyl adjacent to an activating group) is 1. The molecule has 1 saturated carbocycles. The first kappa shape index (κ1) is 16.0. The van der Waals surface area contributed by atoms with Gasteiger partial charge in [-0.15, -0.1) is 11.3 Å². The molecule has 0 bridgehead atoms. The van der Waals surface area contributed by atoms with Crippen LogP contribution in [0, 0.1) is 5.41 Å². The maximum absolute atomic E-state index is 12.1. The fourth-order valence-electron chi connectivity index (χ4n) is 2.78. The number of thiophene rings is 1. The lowest BCUT2D eigenvalue weighted by Crippen LogP contribution is -2.48. The number of nitrogens with one attached hydrogen (secondary N) is 1. The van der Waals surface area contributed by atoms with Crippen molar-refractivity contribution in [3.05, 3.63) is 22.4 Å². The van der Waals surface area contributed by atoms with Crippen molar-refractivity contribution in [2.24, 2.45) is 5.41 Å². The molecule has 2 atom stereocenters. The van der Waals surface area contributed by atoms with Crippen LogP contribution in [0.4, 0.5) is 0 Å². The predicted molar refractivity (Wildman–Crippen MR) is 82.3 cm³/mol. The summed E-state index contributed by atoms with van der Waals surface area (Å²) in [5, 5.41) is 14.3. The van der Waals surface area contributed by atoms with E-state index in [9.17, 15) is 14.7 Å². The topological polar surface area (TPSA) is 69.6 Å². The molecule has 116 valence electrons. The lowest BCUT2D eigenvalue weighted by molar-refractivity contribution is -0.123. The normalized spacial score (nSPS) is 24.8. The fraction of sp³-hybridized carbons (Fsp3) is 0.600. The molecule has 0 aromatic carbocycles. The number of hydrogen-bond donors (Lipinski definition) is 2. The summed E-state index contributed by atoms with van der Waals surface area (Å²) in [6, 6.07) is 3.55. The minimum Gasteiger partial charge on any atom is -0.396 e. The second kappa shape index (κ2) is 6.58. The van der Waals surface area contributed by atoms with Crippen LogP contribution in [-0.2, 0) is 4.79 Å². The van der Waals surface area contributed by atoms with Gasteiger partial charge in [0.2, 0.25) is 5.91 Å². The molecule has 1 aliphatic rings. The number of hydrogen-bond acceptors (Lipinski definition) is 4. The molecule has 1 aromatic rings. The van der Waals surface area contributed by atoms with Crippen LogP contribution < -0.4 is 5.32 Å². The van der Waals surface area contributed by atoms with Crippen molar-refractivity contribution in [2.45, 2.75) is 32.2 Å². The number of rotatable bonds is 5. The molecule has 0 saturated heterocycles. The van der Waals surface area contributed by atoms with Gasteiger partial charge in [-0.2, -0.15) is 0 Å². The van der Waals surface area contributed by atoms with Gasteiger partial charge >= 0.3 is 0 Å². The summed E-state index contributed by atoms with van der Waals surface area (Å²) < 4.78 is 0. The number of aliphatic hydroxyl groups excluding tert-OH is 1. The van der Waals surface area contributed by atoms with Gasteiger partial charge in [0.1, 0.15) is 0 Å². The summed E-state index contributed by atoms with van der Waals surface area (Å²) in [5.74, 6) is -0.314. The van der Waals surface area contributed by atoms with E-state index in [1.54, 1.807) is 13.1 Å². The Labute approximate surface area is 129 Å². The van der Waals surface area contributed by atoms with Gasteiger partial charge in [-0.3, -0.25) is 9.59 Å². The average molecular weight is 310 g/mol. The van der Waals surface area contributed by atoms with E-state index in [0.717, 1.165) is 19.3 Å². The quantitative estimate of drug-likeness (QED) is 0.865. The predicted octanol–water partition coefficient (Wildman–Crippen LogP) is 1.49. The van der Waals surface area contributed by atoms with Gasteiger partial charge < -0.3 is 15.3 Å². The van der Waals surface area contributed by atoms with Crippen LogP contribution in [0.5, 0.6) is 0 Å². The lowest BCUT2D eigenvalue weighted by atomic mass is 9.86. The Hall–Kier alpha value is -1.40. The lowest BCUT2D eigenvalue weighted by Gasteiger charge is -2.30. The van der Waals surface area contributed by atoms with Crippen LogP contribution in [0.2, 0.25) is 0 Å². The number of carbonyl (C=O) groups is 2.